The lowest BCUT2D eigenvalue weighted by Gasteiger charge is -2.37. The van der Waals surface area contributed by atoms with E-state index >= 15 is 0 Å². The minimum Gasteiger partial charge on any atom is -0.369 e. The smallest absolute Gasteiger partial charge is 0.0369 e. The fourth-order valence-electron chi connectivity index (χ4n) is 3.20. The molecule has 1 unspecified atom stereocenters. The molecule has 1 aromatic carbocycles. The Labute approximate surface area is 133 Å². The number of thioether (sulfide) groups is 1. The number of piperazine rings is 1. The molecule has 2 aliphatic rings. The molecular weight excluding hydrogens is 278 g/mol. The van der Waals surface area contributed by atoms with Gasteiger partial charge in [0, 0.05) is 56.0 Å². The summed E-state index contributed by atoms with van der Waals surface area (Å²) in [6.45, 7) is 9.35. The zero-order chi connectivity index (χ0) is 14.5. The third-order valence-corrected chi connectivity index (χ3v) is 5.66. The number of nitrogens with zero attached hydrogens (tertiary/aromatic N) is 2. The van der Waals surface area contributed by atoms with Crippen molar-refractivity contribution in [1.29, 1.82) is 0 Å². The molecule has 0 aliphatic carbocycles. The van der Waals surface area contributed by atoms with E-state index < -0.39 is 0 Å². The first-order chi connectivity index (χ1) is 10.3. The lowest BCUT2D eigenvalue weighted by atomic mass is 10.1. The average molecular weight is 305 g/mol. The Morgan fingerprint density at radius 1 is 1.24 bits per heavy atom. The molecule has 3 rings (SSSR count). The van der Waals surface area contributed by atoms with Gasteiger partial charge in [0.1, 0.15) is 0 Å². The molecule has 0 aromatic heterocycles. The third-order valence-electron chi connectivity index (χ3n) is 4.53. The molecule has 116 valence electrons. The number of anilines is 1. The quantitative estimate of drug-likeness (QED) is 0.919. The monoisotopic (exact) mass is 305 g/mol. The zero-order valence-corrected chi connectivity index (χ0v) is 13.9. The number of hydrogen-bond acceptors (Lipinski definition) is 4. The molecule has 2 fully saturated rings. The maximum Gasteiger partial charge on any atom is 0.0369 e. The highest BCUT2D eigenvalue weighted by Crippen LogP contribution is 2.18. The molecule has 2 saturated heterocycles. The van der Waals surface area contributed by atoms with E-state index in [1.165, 1.54) is 55.4 Å². The molecule has 4 heteroatoms. The van der Waals surface area contributed by atoms with Crippen LogP contribution in [0.3, 0.4) is 0 Å². The highest BCUT2D eigenvalue weighted by molar-refractivity contribution is 7.99. The Morgan fingerprint density at radius 2 is 2.10 bits per heavy atom. The van der Waals surface area contributed by atoms with E-state index in [0.29, 0.717) is 0 Å². The van der Waals surface area contributed by atoms with Crippen molar-refractivity contribution in [2.45, 2.75) is 19.4 Å². The molecular formula is C17H27N3S. The van der Waals surface area contributed by atoms with Crippen LogP contribution in [0.15, 0.2) is 24.3 Å². The largest absolute Gasteiger partial charge is 0.369 e. The average Bonchev–Trinajstić information content (AvgIpc) is 2.54. The van der Waals surface area contributed by atoms with E-state index in [1.807, 2.05) is 0 Å². The summed E-state index contributed by atoms with van der Waals surface area (Å²) >= 11 is 2.10. The molecule has 1 N–H and O–H groups in total. The lowest BCUT2D eigenvalue weighted by Crippen LogP contribution is -2.48. The van der Waals surface area contributed by atoms with Crippen molar-refractivity contribution < 1.29 is 0 Å². The van der Waals surface area contributed by atoms with Gasteiger partial charge in [-0.15, -0.1) is 0 Å². The van der Waals surface area contributed by atoms with Gasteiger partial charge in [0.2, 0.25) is 0 Å². The standard InChI is InChI=1S/C17H27N3S/c1-15-3-2-4-17(13-15)20-10-8-19(9-11-20)7-5-16-14-21-12-6-18-16/h2-4,13,16,18H,5-12,14H2,1H3. The first-order valence-corrected chi connectivity index (χ1v) is 9.32. The van der Waals surface area contributed by atoms with E-state index in [0.717, 1.165) is 19.1 Å². The van der Waals surface area contributed by atoms with Crippen molar-refractivity contribution in [3.05, 3.63) is 29.8 Å². The molecule has 2 heterocycles. The van der Waals surface area contributed by atoms with Crippen LogP contribution < -0.4 is 10.2 Å². The van der Waals surface area contributed by atoms with E-state index in [4.69, 9.17) is 0 Å². The summed E-state index contributed by atoms with van der Waals surface area (Å²) in [5, 5.41) is 3.64. The normalized spacial score (nSPS) is 24.2. The van der Waals surface area contributed by atoms with Gasteiger partial charge in [-0.3, -0.25) is 4.90 Å². The Bertz CT molecular complexity index is 437. The Morgan fingerprint density at radius 3 is 2.81 bits per heavy atom. The van der Waals surface area contributed by atoms with Gasteiger partial charge in [0.15, 0.2) is 0 Å². The van der Waals surface area contributed by atoms with E-state index in [2.05, 4.69) is 58.1 Å². The molecule has 21 heavy (non-hydrogen) atoms. The second-order valence-electron chi connectivity index (χ2n) is 6.18. The van der Waals surface area contributed by atoms with Gasteiger partial charge >= 0.3 is 0 Å². The molecule has 0 spiro atoms. The first kappa shape index (κ1) is 15.2. The molecule has 0 saturated carbocycles. The van der Waals surface area contributed by atoms with Crippen LogP contribution in [0.1, 0.15) is 12.0 Å². The van der Waals surface area contributed by atoms with Crippen molar-refractivity contribution in [3.63, 3.8) is 0 Å². The van der Waals surface area contributed by atoms with Crippen molar-refractivity contribution in [2.24, 2.45) is 0 Å². The maximum atomic E-state index is 3.64. The number of benzene rings is 1. The second kappa shape index (κ2) is 7.52. The van der Waals surface area contributed by atoms with E-state index in [9.17, 15) is 0 Å². The number of hydrogen-bond donors (Lipinski definition) is 1. The predicted octanol–water partition coefficient (Wildman–Crippen LogP) is 2.21. The van der Waals surface area contributed by atoms with Gasteiger partial charge in [-0.2, -0.15) is 11.8 Å². The molecule has 1 atom stereocenters. The molecule has 2 aliphatic heterocycles. The van der Waals surface area contributed by atoms with Crippen LogP contribution in [-0.2, 0) is 0 Å². The number of nitrogens with one attached hydrogen (secondary N) is 1. The number of rotatable bonds is 4. The first-order valence-electron chi connectivity index (χ1n) is 8.16. The molecule has 1 aromatic rings. The van der Waals surface area contributed by atoms with Crippen molar-refractivity contribution in [3.8, 4) is 0 Å². The fraction of sp³-hybridized carbons (Fsp3) is 0.647. The van der Waals surface area contributed by atoms with Gasteiger partial charge in [-0.05, 0) is 37.6 Å². The Hall–Kier alpha value is -0.710. The van der Waals surface area contributed by atoms with E-state index in [-0.39, 0.29) is 0 Å². The van der Waals surface area contributed by atoms with Crippen LogP contribution in [-0.4, -0.2) is 61.7 Å². The molecule has 0 radical (unpaired) electrons. The highest BCUT2D eigenvalue weighted by Gasteiger charge is 2.19. The van der Waals surface area contributed by atoms with E-state index in [1.54, 1.807) is 0 Å². The highest BCUT2D eigenvalue weighted by atomic mass is 32.2. The van der Waals surface area contributed by atoms with Crippen LogP contribution >= 0.6 is 11.8 Å². The predicted molar refractivity (Wildman–Crippen MR) is 93.6 cm³/mol. The summed E-state index contributed by atoms with van der Waals surface area (Å²) in [5.74, 6) is 2.58. The van der Waals surface area contributed by atoms with Gasteiger partial charge < -0.3 is 10.2 Å². The maximum absolute atomic E-state index is 3.64. The summed E-state index contributed by atoms with van der Waals surface area (Å²) in [6, 6.07) is 9.63. The summed E-state index contributed by atoms with van der Waals surface area (Å²) in [5.41, 5.74) is 2.75. The van der Waals surface area contributed by atoms with Crippen LogP contribution in [0.5, 0.6) is 0 Å². The molecule has 3 nitrogen and oxygen atoms in total. The van der Waals surface area contributed by atoms with Crippen LogP contribution in [0.2, 0.25) is 0 Å². The Balaban J connectivity index is 1.42. The third kappa shape index (κ3) is 4.38. The zero-order valence-electron chi connectivity index (χ0n) is 13.1. The minimum absolute atomic E-state index is 0.735. The number of aryl methyl sites for hydroxylation is 1. The molecule has 0 amide bonds. The SMILES string of the molecule is Cc1cccc(N2CCN(CCC3CSCCN3)CC2)c1. The van der Waals surface area contributed by atoms with Gasteiger partial charge in [0.05, 0.1) is 0 Å². The Kier molecular flexibility index (Phi) is 5.44. The second-order valence-corrected chi connectivity index (χ2v) is 7.33. The van der Waals surface area contributed by atoms with Gasteiger partial charge in [-0.25, -0.2) is 0 Å². The van der Waals surface area contributed by atoms with Gasteiger partial charge in [0.25, 0.3) is 0 Å². The van der Waals surface area contributed by atoms with Crippen molar-refractivity contribution >= 4 is 17.4 Å². The van der Waals surface area contributed by atoms with Crippen LogP contribution in [0.4, 0.5) is 5.69 Å². The fourth-order valence-corrected chi connectivity index (χ4v) is 4.20. The lowest BCUT2D eigenvalue weighted by molar-refractivity contribution is 0.245. The van der Waals surface area contributed by atoms with Crippen molar-refractivity contribution in [1.82, 2.24) is 10.2 Å². The topological polar surface area (TPSA) is 18.5 Å². The van der Waals surface area contributed by atoms with Crippen LogP contribution in [0.25, 0.3) is 0 Å². The van der Waals surface area contributed by atoms with Crippen molar-refractivity contribution in [2.75, 3.05) is 55.7 Å². The summed E-state index contributed by atoms with van der Waals surface area (Å²) in [7, 11) is 0. The minimum atomic E-state index is 0.735. The molecule has 0 bridgehead atoms. The van der Waals surface area contributed by atoms with Crippen LogP contribution in [0, 0.1) is 6.92 Å². The summed E-state index contributed by atoms with van der Waals surface area (Å²) in [4.78, 5) is 5.16. The summed E-state index contributed by atoms with van der Waals surface area (Å²) in [6.07, 6.45) is 1.30. The van der Waals surface area contributed by atoms with Gasteiger partial charge in [-0.1, -0.05) is 12.1 Å². The summed E-state index contributed by atoms with van der Waals surface area (Å²) < 4.78 is 0.